The van der Waals surface area contributed by atoms with E-state index < -0.39 is 17.3 Å². The van der Waals surface area contributed by atoms with Crippen molar-refractivity contribution >= 4 is 16.7 Å². The van der Waals surface area contributed by atoms with Gasteiger partial charge in [-0.05, 0) is 48.4 Å². The molecule has 162 valence electrons. The van der Waals surface area contributed by atoms with Crippen LogP contribution in [0.15, 0.2) is 63.8 Å². The number of anilines is 1. The van der Waals surface area contributed by atoms with E-state index in [9.17, 15) is 13.6 Å². The Morgan fingerprint density at radius 1 is 1.00 bits per heavy atom. The van der Waals surface area contributed by atoms with Crippen molar-refractivity contribution < 1.29 is 22.7 Å². The third-order valence-electron chi connectivity index (χ3n) is 5.69. The number of benzene rings is 3. The molecule has 0 amide bonds. The summed E-state index contributed by atoms with van der Waals surface area (Å²) in [6.45, 7) is 2.43. The minimum atomic E-state index is -0.911. The van der Waals surface area contributed by atoms with E-state index in [1.54, 1.807) is 7.11 Å². The fourth-order valence-corrected chi connectivity index (χ4v) is 4.08. The molecule has 4 aromatic rings. The predicted octanol–water partition coefficient (Wildman–Crippen LogP) is 5.41. The van der Waals surface area contributed by atoms with Gasteiger partial charge in [0.05, 0.1) is 7.11 Å². The van der Waals surface area contributed by atoms with E-state index >= 15 is 0 Å². The van der Waals surface area contributed by atoms with Crippen molar-refractivity contribution in [3.8, 4) is 22.6 Å². The maximum absolute atomic E-state index is 13.7. The van der Waals surface area contributed by atoms with Gasteiger partial charge in [-0.1, -0.05) is 12.1 Å². The van der Waals surface area contributed by atoms with Gasteiger partial charge in [-0.3, -0.25) is 0 Å². The molecule has 7 heteroatoms. The first-order chi connectivity index (χ1) is 15.4. The van der Waals surface area contributed by atoms with E-state index in [4.69, 9.17) is 13.9 Å². The van der Waals surface area contributed by atoms with E-state index in [0.29, 0.717) is 29.3 Å². The zero-order chi connectivity index (χ0) is 22.4. The van der Waals surface area contributed by atoms with Gasteiger partial charge < -0.3 is 18.8 Å². The Balaban J connectivity index is 1.63. The molecular formula is C25H19F2NO4. The molecular weight excluding hydrogens is 416 g/mol. The summed E-state index contributed by atoms with van der Waals surface area (Å²) in [7, 11) is 1.59. The molecule has 0 atom stereocenters. The van der Waals surface area contributed by atoms with Crippen LogP contribution in [-0.2, 0) is 6.54 Å². The molecule has 0 aliphatic carbocycles. The van der Waals surface area contributed by atoms with Crippen LogP contribution in [0.4, 0.5) is 14.5 Å². The molecule has 0 fully saturated rings. The van der Waals surface area contributed by atoms with Crippen LogP contribution < -0.4 is 20.0 Å². The van der Waals surface area contributed by atoms with Crippen LogP contribution in [0.2, 0.25) is 0 Å². The molecule has 3 aromatic carbocycles. The highest BCUT2D eigenvalue weighted by Crippen LogP contribution is 2.39. The predicted molar refractivity (Wildman–Crippen MR) is 117 cm³/mol. The summed E-state index contributed by atoms with van der Waals surface area (Å²) in [4.78, 5) is 14.1. The third kappa shape index (κ3) is 3.36. The Labute approximate surface area is 182 Å². The first-order valence-electron chi connectivity index (χ1n) is 10.0. The average Bonchev–Trinajstić information content (AvgIpc) is 2.81. The number of nitrogens with zero attached hydrogens (tertiary/aromatic N) is 1. The topological polar surface area (TPSA) is 51.9 Å². The summed E-state index contributed by atoms with van der Waals surface area (Å²) in [5, 5.41) is 0.766. The normalized spacial score (nSPS) is 13.1. The van der Waals surface area contributed by atoms with Gasteiger partial charge in [0.1, 0.15) is 17.1 Å². The van der Waals surface area contributed by atoms with E-state index in [2.05, 4.69) is 0 Å². The van der Waals surface area contributed by atoms with Gasteiger partial charge in [0, 0.05) is 40.9 Å². The second kappa shape index (κ2) is 7.67. The number of fused-ring (bicyclic) bond motifs is 2. The Bertz CT molecular complexity index is 1400. The van der Waals surface area contributed by atoms with E-state index in [0.717, 1.165) is 39.8 Å². The Morgan fingerprint density at radius 2 is 1.78 bits per heavy atom. The molecule has 0 bridgehead atoms. The summed E-state index contributed by atoms with van der Waals surface area (Å²) >= 11 is 0. The summed E-state index contributed by atoms with van der Waals surface area (Å²) < 4.78 is 43.8. The maximum atomic E-state index is 13.7. The zero-order valence-electron chi connectivity index (χ0n) is 17.4. The summed E-state index contributed by atoms with van der Waals surface area (Å²) in [5.41, 5.74) is 3.67. The number of halogens is 2. The molecule has 32 heavy (non-hydrogen) atoms. The van der Waals surface area contributed by atoms with Crippen molar-refractivity contribution in [2.75, 3.05) is 18.7 Å². The lowest BCUT2D eigenvalue weighted by Gasteiger charge is -2.32. The van der Waals surface area contributed by atoms with Gasteiger partial charge in [-0.15, -0.1) is 0 Å². The standard InChI is InChI=1S/C25H19F2NO4/c1-14-24-16(12-28(13-31-24)17-5-8-21(26)22(27)10-17)9-20-19(11-23(29)32-25(14)20)15-3-6-18(30-2)7-4-15/h3-11H,12-13H2,1-2H3. The highest BCUT2D eigenvalue weighted by Gasteiger charge is 2.24. The largest absolute Gasteiger partial charge is 0.497 e. The van der Waals surface area contributed by atoms with Crippen LogP contribution in [0.3, 0.4) is 0 Å². The van der Waals surface area contributed by atoms with Gasteiger partial charge in [0.2, 0.25) is 0 Å². The van der Waals surface area contributed by atoms with Crippen molar-refractivity contribution in [2.45, 2.75) is 13.5 Å². The minimum Gasteiger partial charge on any atom is -0.497 e. The second-order valence-corrected chi connectivity index (χ2v) is 7.64. The number of hydrogen-bond acceptors (Lipinski definition) is 5. The number of ether oxygens (including phenoxy) is 2. The quantitative estimate of drug-likeness (QED) is 0.403. The van der Waals surface area contributed by atoms with Crippen LogP contribution in [0.1, 0.15) is 11.1 Å². The lowest BCUT2D eigenvalue weighted by atomic mass is 9.96. The molecule has 0 radical (unpaired) electrons. The highest BCUT2D eigenvalue weighted by molar-refractivity contribution is 5.96. The van der Waals surface area contributed by atoms with Crippen molar-refractivity contribution in [2.24, 2.45) is 0 Å². The first kappa shape index (κ1) is 20.1. The fraction of sp³-hybridized carbons (Fsp3) is 0.160. The van der Waals surface area contributed by atoms with Gasteiger partial charge in [-0.25, -0.2) is 13.6 Å². The highest BCUT2D eigenvalue weighted by atomic mass is 19.2. The molecule has 0 unspecified atom stereocenters. The van der Waals surface area contributed by atoms with Gasteiger partial charge >= 0.3 is 5.63 Å². The van der Waals surface area contributed by atoms with Crippen molar-refractivity contribution in [1.82, 2.24) is 0 Å². The lowest BCUT2D eigenvalue weighted by Crippen LogP contribution is -2.32. The summed E-state index contributed by atoms with van der Waals surface area (Å²) in [5.74, 6) is -0.462. The van der Waals surface area contributed by atoms with Crippen LogP contribution in [0.5, 0.6) is 11.5 Å². The maximum Gasteiger partial charge on any atom is 0.336 e. The lowest BCUT2D eigenvalue weighted by molar-refractivity contribution is 0.287. The van der Waals surface area contributed by atoms with Crippen molar-refractivity contribution in [3.63, 3.8) is 0 Å². The fourth-order valence-electron chi connectivity index (χ4n) is 4.08. The molecule has 5 nitrogen and oxygen atoms in total. The number of rotatable bonds is 3. The number of aryl methyl sites for hydroxylation is 1. The Kier molecular flexibility index (Phi) is 4.81. The Morgan fingerprint density at radius 3 is 2.50 bits per heavy atom. The summed E-state index contributed by atoms with van der Waals surface area (Å²) in [6, 6.07) is 14.6. The average molecular weight is 435 g/mol. The molecule has 2 heterocycles. The van der Waals surface area contributed by atoms with Gasteiger partial charge in [-0.2, -0.15) is 0 Å². The van der Waals surface area contributed by atoms with Crippen LogP contribution >= 0.6 is 0 Å². The second-order valence-electron chi connectivity index (χ2n) is 7.64. The van der Waals surface area contributed by atoms with E-state index in [-0.39, 0.29) is 6.73 Å². The molecule has 0 saturated carbocycles. The third-order valence-corrected chi connectivity index (χ3v) is 5.69. The van der Waals surface area contributed by atoms with Crippen LogP contribution in [0.25, 0.3) is 22.1 Å². The van der Waals surface area contributed by atoms with E-state index in [1.807, 2.05) is 42.2 Å². The molecule has 1 aliphatic rings. The Hall–Kier alpha value is -3.87. The first-order valence-corrected chi connectivity index (χ1v) is 10.0. The number of hydrogen-bond donors (Lipinski definition) is 0. The van der Waals surface area contributed by atoms with E-state index in [1.165, 1.54) is 12.1 Å². The molecule has 0 spiro atoms. The van der Waals surface area contributed by atoms with Crippen LogP contribution in [-0.4, -0.2) is 13.8 Å². The van der Waals surface area contributed by atoms with Crippen LogP contribution in [0, 0.1) is 18.6 Å². The molecule has 0 saturated heterocycles. The summed E-state index contributed by atoms with van der Waals surface area (Å²) in [6.07, 6.45) is 0. The van der Waals surface area contributed by atoms with Crippen molar-refractivity contribution in [3.05, 3.63) is 87.8 Å². The number of methoxy groups -OCH3 is 1. The van der Waals surface area contributed by atoms with Crippen molar-refractivity contribution in [1.29, 1.82) is 0 Å². The smallest absolute Gasteiger partial charge is 0.336 e. The SMILES string of the molecule is COc1ccc(-c2cc(=O)oc3c(C)c4c(cc23)CN(c2ccc(F)c(F)c2)CO4)cc1. The zero-order valence-corrected chi connectivity index (χ0v) is 17.4. The monoisotopic (exact) mass is 435 g/mol. The molecule has 1 aliphatic heterocycles. The molecule has 0 N–H and O–H groups in total. The molecule has 1 aromatic heterocycles. The van der Waals surface area contributed by atoms with Gasteiger partial charge in [0.25, 0.3) is 0 Å². The van der Waals surface area contributed by atoms with Gasteiger partial charge in [0.15, 0.2) is 18.4 Å². The minimum absolute atomic E-state index is 0.160. The molecule has 5 rings (SSSR count).